The van der Waals surface area contributed by atoms with Crippen molar-refractivity contribution in [2.45, 2.75) is 32.0 Å². The summed E-state index contributed by atoms with van der Waals surface area (Å²) in [5, 5.41) is 2.69. The molecule has 0 aliphatic carbocycles. The van der Waals surface area contributed by atoms with Gasteiger partial charge in [0.25, 0.3) is 0 Å². The van der Waals surface area contributed by atoms with Crippen molar-refractivity contribution in [1.82, 2.24) is 19.9 Å². The van der Waals surface area contributed by atoms with Crippen molar-refractivity contribution >= 4 is 17.7 Å². The SMILES string of the molecule is CC(=O)N1CCCC1c1ccnc(Nc2cc(C(F)(F)F)ccn2)n1. The minimum absolute atomic E-state index is 0.00169. The molecular formula is C16H16F3N5O. The number of carbonyl (C=O) groups is 1. The van der Waals surface area contributed by atoms with Crippen molar-refractivity contribution in [3.05, 3.63) is 41.9 Å². The fourth-order valence-corrected chi connectivity index (χ4v) is 2.86. The average Bonchev–Trinajstić information content (AvgIpc) is 3.04. The predicted octanol–water partition coefficient (Wildman–Crippen LogP) is 3.32. The van der Waals surface area contributed by atoms with Crippen LogP contribution in [0.2, 0.25) is 0 Å². The Morgan fingerprint density at radius 3 is 2.76 bits per heavy atom. The molecule has 9 heteroatoms. The summed E-state index contributed by atoms with van der Waals surface area (Å²) >= 11 is 0. The summed E-state index contributed by atoms with van der Waals surface area (Å²) in [5.74, 6) is 0.108. The number of amides is 1. The molecule has 0 radical (unpaired) electrons. The van der Waals surface area contributed by atoms with Crippen molar-refractivity contribution in [2.24, 2.45) is 0 Å². The Morgan fingerprint density at radius 2 is 2.04 bits per heavy atom. The lowest BCUT2D eigenvalue weighted by molar-refractivity contribution is -0.137. The first-order chi connectivity index (χ1) is 11.8. The Bertz CT molecular complexity index is 780. The predicted molar refractivity (Wildman–Crippen MR) is 83.9 cm³/mol. The third-order valence-corrected chi connectivity index (χ3v) is 4.00. The van der Waals surface area contributed by atoms with Crippen LogP contribution >= 0.6 is 0 Å². The molecule has 0 bridgehead atoms. The van der Waals surface area contributed by atoms with Gasteiger partial charge in [0.15, 0.2) is 0 Å². The van der Waals surface area contributed by atoms with Crippen molar-refractivity contribution in [3.63, 3.8) is 0 Å². The van der Waals surface area contributed by atoms with Crippen LogP contribution in [0.1, 0.15) is 37.1 Å². The monoisotopic (exact) mass is 351 g/mol. The number of alkyl halides is 3. The standard InChI is InChI=1S/C16H16F3N5O/c1-10(25)24-8-2-3-13(24)12-5-7-21-15(22-12)23-14-9-11(4-6-20-14)16(17,18)19/h4-7,9,13H,2-3,8H2,1H3,(H,20,21,22,23). The molecule has 1 unspecified atom stereocenters. The zero-order valence-electron chi connectivity index (χ0n) is 13.4. The highest BCUT2D eigenvalue weighted by Gasteiger charge is 2.31. The Balaban J connectivity index is 1.82. The maximum Gasteiger partial charge on any atom is 0.416 e. The third kappa shape index (κ3) is 3.86. The van der Waals surface area contributed by atoms with Crippen LogP contribution in [0.25, 0.3) is 0 Å². The molecule has 1 fully saturated rings. The van der Waals surface area contributed by atoms with Crippen LogP contribution in [0.15, 0.2) is 30.6 Å². The number of anilines is 2. The van der Waals surface area contributed by atoms with E-state index in [4.69, 9.17) is 0 Å². The number of likely N-dealkylation sites (tertiary alicyclic amines) is 1. The normalized spacial score (nSPS) is 17.6. The second kappa shape index (κ2) is 6.66. The Labute approximate surface area is 142 Å². The van der Waals surface area contributed by atoms with Crippen LogP contribution in [0.4, 0.5) is 24.9 Å². The zero-order valence-corrected chi connectivity index (χ0v) is 13.4. The molecule has 1 atom stereocenters. The van der Waals surface area contributed by atoms with E-state index in [1.165, 1.54) is 13.1 Å². The van der Waals surface area contributed by atoms with Crippen LogP contribution in [0, 0.1) is 0 Å². The van der Waals surface area contributed by atoms with E-state index in [0.29, 0.717) is 12.2 Å². The van der Waals surface area contributed by atoms with Gasteiger partial charge in [0, 0.05) is 25.9 Å². The number of hydrogen-bond donors (Lipinski definition) is 1. The maximum atomic E-state index is 12.8. The molecule has 1 aliphatic rings. The Hall–Kier alpha value is -2.71. The molecular weight excluding hydrogens is 335 g/mol. The third-order valence-electron chi connectivity index (χ3n) is 4.00. The van der Waals surface area contributed by atoms with E-state index in [-0.39, 0.29) is 23.7 Å². The number of nitrogens with one attached hydrogen (secondary N) is 1. The van der Waals surface area contributed by atoms with Gasteiger partial charge in [-0.2, -0.15) is 13.2 Å². The van der Waals surface area contributed by atoms with Gasteiger partial charge in [0.2, 0.25) is 11.9 Å². The summed E-state index contributed by atoms with van der Waals surface area (Å²) in [4.78, 5) is 25.6. The van der Waals surface area contributed by atoms with Gasteiger partial charge >= 0.3 is 6.18 Å². The summed E-state index contributed by atoms with van der Waals surface area (Å²) < 4.78 is 38.3. The smallest absolute Gasteiger partial charge is 0.334 e. The van der Waals surface area contributed by atoms with Crippen molar-refractivity contribution in [3.8, 4) is 0 Å². The number of nitrogens with zero attached hydrogens (tertiary/aromatic N) is 4. The van der Waals surface area contributed by atoms with Gasteiger partial charge in [-0.25, -0.2) is 15.0 Å². The van der Waals surface area contributed by atoms with Crippen LogP contribution in [-0.4, -0.2) is 32.3 Å². The summed E-state index contributed by atoms with van der Waals surface area (Å²) in [6, 6.07) is 3.35. The number of rotatable bonds is 3. The van der Waals surface area contributed by atoms with Gasteiger partial charge in [-0.3, -0.25) is 4.79 Å². The molecule has 25 heavy (non-hydrogen) atoms. The summed E-state index contributed by atoms with van der Waals surface area (Å²) in [5.41, 5.74) is -0.156. The summed E-state index contributed by atoms with van der Waals surface area (Å²) in [7, 11) is 0. The molecule has 2 aromatic rings. The lowest BCUT2D eigenvalue weighted by Crippen LogP contribution is -2.28. The zero-order chi connectivity index (χ0) is 18.0. The van der Waals surface area contributed by atoms with Gasteiger partial charge in [-0.05, 0) is 31.0 Å². The highest BCUT2D eigenvalue weighted by molar-refractivity contribution is 5.74. The minimum Gasteiger partial charge on any atom is -0.334 e. The lowest BCUT2D eigenvalue weighted by atomic mass is 10.1. The van der Waals surface area contributed by atoms with Crippen molar-refractivity contribution in [2.75, 3.05) is 11.9 Å². The summed E-state index contributed by atoms with van der Waals surface area (Å²) in [6.07, 6.45) is -0.198. The fourth-order valence-electron chi connectivity index (χ4n) is 2.86. The molecule has 0 aromatic carbocycles. The van der Waals surface area contributed by atoms with Crippen LogP contribution in [0.3, 0.4) is 0 Å². The van der Waals surface area contributed by atoms with Gasteiger partial charge in [-0.15, -0.1) is 0 Å². The fraction of sp³-hybridized carbons (Fsp3) is 0.375. The molecule has 3 rings (SSSR count). The number of carbonyl (C=O) groups excluding carboxylic acids is 1. The highest BCUT2D eigenvalue weighted by Crippen LogP contribution is 2.32. The first-order valence-electron chi connectivity index (χ1n) is 7.75. The van der Waals surface area contributed by atoms with Crippen molar-refractivity contribution in [1.29, 1.82) is 0 Å². The molecule has 1 saturated heterocycles. The van der Waals surface area contributed by atoms with Gasteiger partial charge in [0.05, 0.1) is 17.3 Å². The molecule has 6 nitrogen and oxygen atoms in total. The molecule has 2 aromatic heterocycles. The van der Waals surface area contributed by atoms with Gasteiger partial charge in [0.1, 0.15) is 5.82 Å². The Morgan fingerprint density at radius 1 is 1.28 bits per heavy atom. The quantitative estimate of drug-likeness (QED) is 0.919. The van der Waals surface area contributed by atoms with E-state index < -0.39 is 11.7 Å². The van der Waals surface area contributed by atoms with Crippen LogP contribution in [-0.2, 0) is 11.0 Å². The second-order valence-electron chi connectivity index (χ2n) is 5.73. The van der Waals surface area contributed by atoms with E-state index in [1.54, 1.807) is 11.0 Å². The maximum absolute atomic E-state index is 12.8. The molecule has 1 N–H and O–H groups in total. The average molecular weight is 351 g/mol. The van der Waals surface area contributed by atoms with Gasteiger partial charge < -0.3 is 10.2 Å². The molecule has 1 amide bonds. The minimum atomic E-state index is -4.45. The lowest BCUT2D eigenvalue weighted by Gasteiger charge is -2.22. The molecule has 132 valence electrons. The topological polar surface area (TPSA) is 71.0 Å². The Kier molecular flexibility index (Phi) is 4.56. The van der Waals surface area contributed by atoms with E-state index >= 15 is 0 Å². The van der Waals surface area contributed by atoms with E-state index in [0.717, 1.165) is 31.2 Å². The molecule has 0 saturated carbocycles. The first-order valence-corrected chi connectivity index (χ1v) is 7.75. The largest absolute Gasteiger partial charge is 0.416 e. The molecule has 0 spiro atoms. The number of pyridine rings is 1. The van der Waals surface area contributed by atoms with Crippen LogP contribution in [0.5, 0.6) is 0 Å². The van der Waals surface area contributed by atoms with E-state index in [1.807, 2.05) is 0 Å². The van der Waals surface area contributed by atoms with E-state index in [9.17, 15) is 18.0 Å². The number of halogens is 3. The first kappa shape index (κ1) is 17.1. The number of aromatic nitrogens is 3. The van der Waals surface area contributed by atoms with Crippen molar-refractivity contribution < 1.29 is 18.0 Å². The highest BCUT2D eigenvalue weighted by atomic mass is 19.4. The summed E-state index contributed by atoms with van der Waals surface area (Å²) in [6.45, 7) is 2.17. The molecule has 1 aliphatic heterocycles. The van der Waals surface area contributed by atoms with E-state index in [2.05, 4.69) is 20.3 Å². The molecule has 3 heterocycles. The van der Waals surface area contributed by atoms with Gasteiger partial charge in [-0.1, -0.05) is 0 Å². The number of hydrogen-bond acceptors (Lipinski definition) is 5. The van der Waals surface area contributed by atoms with Crippen LogP contribution < -0.4 is 5.32 Å². The second-order valence-corrected chi connectivity index (χ2v) is 5.73.